The number of rotatable bonds is 4. The molecule has 2 fully saturated rings. The van der Waals surface area contributed by atoms with Crippen LogP contribution in [-0.2, 0) is 9.47 Å². The summed E-state index contributed by atoms with van der Waals surface area (Å²) in [7, 11) is -1.02. The van der Waals surface area contributed by atoms with E-state index in [1.807, 2.05) is 0 Å². The molecule has 0 aliphatic carbocycles. The van der Waals surface area contributed by atoms with Gasteiger partial charge < -0.3 is 9.47 Å². The Morgan fingerprint density at radius 1 is 1.12 bits per heavy atom. The Kier molecular flexibility index (Phi) is 3.59. The second-order valence-electron chi connectivity index (χ2n) is 5.11. The van der Waals surface area contributed by atoms with Crippen LogP contribution in [0, 0.1) is 0 Å². The van der Waals surface area contributed by atoms with E-state index in [-0.39, 0.29) is 0 Å². The number of benzene rings is 1. The third-order valence-electron chi connectivity index (χ3n) is 3.81. The molecule has 1 aromatic rings. The lowest BCUT2D eigenvalue weighted by atomic mass is 10.2. The van der Waals surface area contributed by atoms with Gasteiger partial charge in [-0.1, -0.05) is 35.5 Å². The van der Waals surface area contributed by atoms with Gasteiger partial charge in [-0.05, 0) is 25.3 Å². The van der Waals surface area contributed by atoms with Crippen molar-refractivity contribution in [1.29, 1.82) is 0 Å². The van der Waals surface area contributed by atoms with E-state index in [2.05, 4.69) is 30.3 Å². The summed E-state index contributed by atoms with van der Waals surface area (Å²) >= 11 is 0. The maximum atomic E-state index is 6.03. The van der Waals surface area contributed by atoms with Crippen LogP contribution in [0.4, 0.5) is 0 Å². The second kappa shape index (κ2) is 5.34. The molecule has 0 N–H and O–H groups in total. The summed E-state index contributed by atoms with van der Waals surface area (Å²) in [4.78, 5) is 0. The Morgan fingerprint density at radius 3 is 2.59 bits per heavy atom. The quantitative estimate of drug-likeness (QED) is 0.597. The van der Waals surface area contributed by atoms with Crippen molar-refractivity contribution in [2.45, 2.75) is 37.1 Å². The zero-order valence-corrected chi connectivity index (χ0v) is 11.3. The van der Waals surface area contributed by atoms with Gasteiger partial charge >= 0.3 is 0 Å². The fourth-order valence-corrected chi connectivity index (χ4v) is 6.34. The maximum Gasteiger partial charge on any atom is 0.107 e. The summed E-state index contributed by atoms with van der Waals surface area (Å²) in [5.41, 5.74) is 0.537. The van der Waals surface area contributed by atoms with Crippen molar-refractivity contribution >= 4 is 14.0 Å². The molecule has 2 saturated heterocycles. The lowest BCUT2D eigenvalue weighted by Crippen LogP contribution is -2.46. The van der Waals surface area contributed by atoms with Crippen molar-refractivity contribution < 1.29 is 9.47 Å². The van der Waals surface area contributed by atoms with Gasteiger partial charge in [-0.25, -0.2) is 0 Å². The van der Waals surface area contributed by atoms with Crippen LogP contribution in [0.1, 0.15) is 19.3 Å². The highest BCUT2D eigenvalue weighted by Crippen LogP contribution is 2.23. The molecule has 3 atom stereocenters. The van der Waals surface area contributed by atoms with Crippen molar-refractivity contribution in [2.24, 2.45) is 0 Å². The van der Waals surface area contributed by atoms with Crippen LogP contribution in [0.2, 0.25) is 6.04 Å². The maximum absolute atomic E-state index is 6.03. The molecule has 2 aliphatic rings. The second-order valence-corrected chi connectivity index (χ2v) is 8.21. The number of epoxide rings is 1. The first-order chi connectivity index (χ1) is 8.43. The fourth-order valence-electron chi connectivity index (χ4n) is 2.77. The van der Waals surface area contributed by atoms with Gasteiger partial charge in [-0.15, -0.1) is 0 Å². The Morgan fingerprint density at radius 2 is 1.94 bits per heavy atom. The average Bonchev–Trinajstić information content (AvgIpc) is 3.22. The van der Waals surface area contributed by atoms with E-state index in [1.165, 1.54) is 25.3 Å². The fraction of sp³-hybridized carbons (Fsp3) is 0.571. The van der Waals surface area contributed by atoms with E-state index in [1.54, 1.807) is 5.19 Å². The minimum atomic E-state index is -1.02. The molecule has 3 unspecified atom stereocenters. The smallest absolute Gasteiger partial charge is 0.107 e. The molecule has 1 aromatic carbocycles. The largest absolute Gasteiger partial charge is 0.382 e. The van der Waals surface area contributed by atoms with Crippen LogP contribution < -0.4 is 5.19 Å². The van der Waals surface area contributed by atoms with Gasteiger partial charge in [0.1, 0.15) is 8.80 Å². The van der Waals surface area contributed by atoms with E-state index in [0.717, 1.165) is 13.2 Å². The highest BCUT2D eigenvalue weighted by Gasteiger charge is 2.34. The first-order valence-electron chi connectivity index (χ1n) is 6.71. The summed E-state index contributed by atoms with van der Waals surface area (Å²) in [5, 5.41) is 1.55. The molecular formula is C14H20O2Si. The van der Waals surface area contributed by atoms with Crippen LogP contribution in [0.5, 0.6) is 0 Å². The third-order valence-corrected chi connectivity index (χ3v) is 7.51. The van der Waals surface area contributed by atoms with Gasteiger partial charge in [0.15, 0.2) is 0 Å². The molecule has 0 spiro atoms. The lowest BCUT2D eigenvalue weighted by molar-refractivity contribution is 0.0631. The molecule has 0 saturated carbocycles. The number of hydrogen-bond acceptors (Lipinski definition) is 2. The average molecular weight is 248 g/mol. The molecular weight excluding hydrogens is 228 g/mol. The van der Waals surface area contributed by atoms with E-state index in [9.17, 15) is 0 Å². The van der Waals surface area contributed by atoms with Gasteiger partial charge in [0.25, 0.3) is 0 Å². The SMILES string of the molecule is c1ccc([SiH](CC2CO2)C2CCCCO2)cc1. The van der Waals surface area contributed by atoms with Crippen LogP contribution >= 0.6 is 0 Å². The lowest BCUT2D eigenvalue weighted by Gasteiger charge is -2.29. The molecule has 2 heterocycles. The molecule has 0 aromatic heterocycles. The van der Waals surface area contributed by atoms with Gasteiger partial charge in [-0.3, -0.25) is 0 Å². The molecule has 17 heavy (non-hydrogen) atoms. The first kappa shape index (κ1) is 11.4. The molecule has 0 amide bonds. The first-order valence-corrected chi connectivity index (χ1v) is 8.77. The van der Waals surface area contributed by atoms with Crippen molar-refractivity contribution in [1.82, 2.24) is 0 Å². The molecule has 3 heteroatoms. The normalized spacial score (nSPS) is 29.9. The summed E-state index contributed by atoms with van der Waals surface area (Å²) in [5.74, 6) is 0. The molecule has 2 aliphatic heterocycles. The van der Waals surface area contributed by atoms with Gasteiger partial charge in [0.2, 0.25) is 0 Å². The molecule has 92 valence electrons. The zero-order chi connectivity index (χ0) is 11.5. The van der Waals surface area contributed by atoms with Crippen LogP contribution in [0.3, 0.4) is 0 Å². The monoisotopic (exact) mass is 248 g/mol. The Balaban J connectivity index is 1.75. The topological polar surface area (TPSA) is 21.8 Å². The summed E-state index contributed by atoms with van der Waals surface area (Å²) < 4.78 is 11.5. The molecule has 0 radical (unpaired) electrons. The standard InChI is InChI=1S/C14H20O2Si/c1-2-6-13(7-3-1)17(11-12-10-16-12)14-8-4-5-9-15-14/h1-3,6-7,12,14,17H,4-5,8-11H2. The van der Waals surface area contributed by atoms with Crippen molar-refractivity contribution in [3.63, 3.8) is 0 Å². The highest BCUT2D eigenvalue weighted by atomic mass is 28.3. The summed E-state index contributed by atoms with van der Waals surface area (Å²) in [6, 6.07) is 12.3. The summed E-state index contributed by atoms with van der Waals surface area (Å²) in [6.45, 7) is 1.94. The van der Waals surface area contributed by atoms with E-state index in [0.29, 0.717) is 11.8 Å². The van der Waals surface area contributed by atoms with E-state index in [4.69, 9.17) is 9.47 Å². The number of ether oxygens (including phenoxy) is 2. The minimum absolute atomic E-state index is 0.537. The predicted octanol–water partition coefficient (Wildman–Crippen LogP) is 1.63. The zero-order valence-electron chi connectivity index (χ0n) is 10.2. The van der Waals surface area contributed by atoms with Gasteiger partial charge in [0.05, 0.1) is 18.4 Å². The van der Waals surface area contributed by atoms with E-state index >= 15 is 0 Å². The van der Waals surface area contributed by atoms with Crippen LogP contribution in [0.15, 0.2) is 30.3 Å². The van der Waals surface area contributed by atoms with Crippen molar-refractivity contribution in [3.05, 3.63) is 30.3 Å². The summed E-state index contributed by atoms with van der Waals surface area (Å²) in [6.07, 6.45) is 4.38. The minimum Gasteiger partial charge on any atom is -0.382 e. The Hall–Kier alpha value is -0.643. The van der Waals surface area contributed by atoms with Crippen LogP contribution in [-0.4, -0.2) is 33.8 Å². The highest BCUT2D eigenvalue weighted by molar-refractivity contribution is 6.74. The Labute approximate surface area is 105 Å². The van der Waals surface area contributed by atoms with Crippen molar-refractivity contribution in [2.75, 3.05) is 13.2 Å². The van der Waals surface area contributed by atoms with Crippen molar-refractivity contribution in [3.8, 4) is 0 Å². The molecule has 3 rings (SSSR count). The molecule has 2 nitrogen and oxygen atoms in total. The van der Waals surface area contributed by atoms with Gasteiger partial charge in [-0.2, -0.15) is 0 Å². The predicted molar refractivity (Wildman–Crippen MR) is 71.4 cm³/mol. The number of hydrogen-bond donors (Lipinski definition) is 0. The van der Waals surface area contributed by atoms with Gasteiger partial charge in [0, 0.05) is 6.61 Å². The van der Waals surface area contributed by atoms with E-state index < -0.39 is 8.80 Å². The third kappa shape index (κ3) is 2.97. The molecule has 0 bridgehead atoms. The van der Waals surface area contributed by atoms with Crippen LogP contribution in [0.25, 0.3) is 0 Å². The Bertz CT molecular complexity index is 344.